The van der Waals surface area contributed by atoms with Crippen LogP contribution in [0.3, 0.4) is 0 Å². The molecule has 2 N–H and O–H groups in total. The molecule has 0 radical (unpaired) electrons. The minimum absolute atomic E-state index is 0.00989. The zero-order valence-electron chi connectivity index (χ0n) is 22.7. The molecule has 2 aliphatic heterocycles. The van der Waals surface area contributed by atoms with Gasteiger partial charge in [0.2, 0.25) is 5.91 Å². The number of piperazine rings is 1. The number of carbonyl (C=O) groups is 2. The van der Waals surface area contributed by atoms with Crippen LogP contribution < -0.4 is 25.2 Å². The third kappa shape index (κ3) is 5.09. The number of anilines is 3. The molecule has 0 spiro atoms. The van der Waals surface area contributed by atoms with E-state index in [0.717, 1.165) is 59.0 Å². The maximum atomic E-state index is 13.6. The summed E-state index contributed by atoms with van der Waals surface area (Å²) in [6, 6.07) is 16.3. The van der Waals surface area contributed by atoms with E-state index in [1.165, 1.54) is 6.92 Å². The normalized spacial score (nSPS) is 18.8. The zero-order valence-corrected chi connectivity index (χ0v) is 22.7. The quantitative estimate of drug-likeness (QED) is 0.526. The van der Waals surface area contributed by atoms with Crippen molar-refractivity contribution in [3.63, 3.8) is 0 Å². The van der Waals surface area contributed by atoms with Crippen LogP contribution in [-0.4, -0.2) is 55.6 Å². The van der Waals surface area contributed by atoms with E-state index >= 15 is 0 Å². The summed E-state index contributed by atoms with van der Waals surface area (Å²) >= 11 is 0. The SMILES string of the molecule is COc1cc2c(cc1N1C[C@@H](C)N[C@@H](C)C1)N(C(=O)c1ccc(-c3ccc(NC(C)=O)nc3C)cc1)CC2. The van der Waals surface area contributed by atoms with Gasteiger partial charge >= 0.3 is 0 Å². The Morgan fingerprint density at radius 1 is 1.03 bits per heavy atom. The van der Waals surface area contributed by atoms with Gasteiger partial charge < -0.3 is 25.2 Å². The van der Waals surface area contributed by atoms with Crippen molar-refractivity contribution in [2.45, 2.75) is 46.2 Å². The largest absolute Gasteiger partial charge is 0.495 e. The molecular formula is C30H35N5O3. The van der Waals surface area contributed by atoms with E-state index in [2.05, 4.69) is 46.5 Å². The lowest BCUT2D eigenvalue weighted by Crippen LogP contribution is -2.54. The fourth-order valence-electron chi connectivity index (χ4n) is 5.61. The van der Waals surface area contributed by atoms with Gasteiger partial charge in [-0.25, -0.2) is 4.98 Å². The summed E-state index contributed by atoms with van der Waals surface area (Å²) in [6.45, 7) is 10.2. The molecule has 2 atom stereocenters. The topological polar surface area (TPSA) is 86.8 Å². The lowest BCUT2D eigenvalue weighted by molar-refractivity contribution is -0.114. The number of fused-ring (bicyclic) bond motifs is 1. The predicted octanol–water partition coefficient (Wildman–Crippen LogP) is 4.41. The summed E-state index contributed by atoms with van der Waals surface area (Å²) in [4.78, 5) is 33.7. The molecule has 1 aromatic heterocycles. The Balaban J connectivity index is 1.39. The molecule has 5 rings (SSSR count). The summed E-state index contributed by atoms with van der Waals surface area (Å²) in [5, 5.41) is 6.29. The number of ether oxygens (including phenoxy) is 1. The second-order valence-corrected chi connectivity index (χ2v) is 10.3. The summed E-state index contributed by atoms with van der Waals surface area (Å²) < 4.78 is 5.77. The van der Waals surface area contributed by atoms with Gasteiger partial charge in [-0.3, -0.25) is 9.59 Å². The average molecular weight is 514 g/mol. The van der Waals surface area contributed by atoms with E-state index in [-0.39, 0.29) is 11.8 Å². The van der Waals surface area contributed by atoms with Gasteiger partial charge in [0.15, 0.2) is 0 Å². The van der Waals surface area contributed by atoms with Gasteiger partial charge in [-0.15, -0.1) is 0 Å². The number of hydrogen-bond donors (Lipinski definition) is 2. The Hall–Kier alpha value is -3.91. The fourth-order valence-corrected chi connectivity index (χ4v) is 5.61. The highest BCUT2D eigenvalue weighted by Gasteiger charge is 2.30. The molecule has 2 aliphatic rings. The van der Waals surface area contributed by atoms with E-state index in [0.29, 0.717) is 30.0 Å². The molecule has 0 unspecified atom stereocenters. The standard InChI is InChI=1S/C30H35N5O3/c1-18-16-34(17-19(2)31-18)27-15-26-24(14-28(27)38-5)12-13-35(26)30(37)23-8-6-22(7-9-23)25-10-11-29(32-20(25)3)33-21(4)36/h6-11,14-15,18-19,31H,12-13,16-17H2,1-5H3,(H,32,33,36)/t18-,19+. The van der Waals surface area contributed by atoms with Crippen LogP contribution in [0.2, 0.25) is 0 Å². The van der Waals surface area contributed by atoms with Crippen LogP contribution in [0.15, 0.2) is 48.5 Å². The summed E-state index contributed by atoms with van der Waals surface area (Å²) in [5.74, 6) is 1.22. The van der Waals surface area contributed by atoms with Gasteiger partial charge in [-0.2, -0.15) is 0 Å². The van der Waals surface area contributed by atoms with E-state index in [4.69, 9.17) is 4.74 Å². The molecule has 2 amide bonds. The molecule has 38 heavy (non-hydrogen) atoms. The van der Waals surface area contributed by atoms with Crippen molar-refractivity contribution in [3.05, 3.63) is 65.4 Å². The molecule has 1 saturated heterocycles. The van der Waals surface area contributed by atoms with Crippen molar-refractivity contribution < 1.29 is 14.3 Å². The van der Waals surface area contributed by atoms with Gasteiger partial charge in [0.25, 0.3) is 5.91 Å². The number of aromatic nitrogens is 1. The number of pyridine rings is 1. The van der Waals surface area contributed by atoms with Crippen LogP contribution in [0.1, 0.15) is 42.4 Å². The molecule has 8 heteroatoms. The molecule has 1 fully saturated rings. The number of nitrogens with one attached hydrogen (secondary N) is 2. The molecule has 8 nitrogen and oxygen atoms in total. The van der Waals surface area contributed by atoms with Gasteiger partial charge in [0, 0.05) is 61.1 Å². The van der Waals surface area contributed by atoms with Crippen molar-refractivity contribution in [2.24, 2.45) is 0 Å². The Kier molecular flexibility index (Phi) is 7.08. The van der Waals surface area contributed by atoms with Crippen LogP contribution >= 0.6 is 0 Å². The molecule has 3 heterocycles. The minimum Gasteiger partial charge on any atom is -0.495 e. The second kappa shape index (κ2) is 10.5. The van der Waals surface area contributed by atoms with Crippen molar-refractivity contribution in [1.82, 2.24) is 10.3 Å². The lowest BCUT2D eigenvalue weighted by atomic mass is 10.0. The van der Waals surface area contributed by atoms with Crippen molar-refractivity contribution in [2.75, 3.05) is 41.9 Å². The number of nitrogens with zero attached hydrogens (tertiary/aromatic N) is 3. The number of methoxy groups -OCH3 is 1. The number of hydrogen-bond acceptors (Lipinski definition) is 6. The molecule has 2 aromatic carbocycles. The maximum Gasteiger partial charge on any atom is 0.258 e. The molecule has 0 saturated carbocycles. The molecular weight excluding hydrogens is 478 g/mol. The van der Waals surface area contributed by atoms with Gasteiger partial charge in [0.1, 0.15) is 11.6 Å². The van der Waals surface area contributed by atoms with Crippen molar-refractivity contribution >= 4 is 29.0 Å². The first-order valence-corrected chi connectivity index (χ1v) is 13.1. The van der Waals surface area contributed by atoms with Gasteiger partial charge in [0.05, 0.1) is 12.8 Å². The Morgan fingerprint density at radius 3 is 2.37 bits per heavy atom. The van der Waals surface area contributed by atoms with Crippen LogP contribution in [-0.2, 0) is 11.2 Å². The van der Waals surface area contributed by atoms with Crippen LogP contribution in [0.25, 0.3) is 11.1 Å². The van der Waals surface area contributed by atoms with Gasteiger partial charge in [-0.1, -0.05) is 12.1 Å². The van der Waals surface area contributed by atoms with Crippen molar-refractivity contribution in [3.8, 4) is 16.9 Å². The fraction of sp³-hybridized carbons (Fsp3) is 0.367. The summed E-state index contributed by atoms with van der Waals surface area (Å²) in [5.41, 5.74) is 6.51. The molecule has 198 valence electrons. The Bertz CT molecular complexity index is 1360. The monoisotopic (exact) mass is 513 g/mol. The first-order chi connectivity index (χ1) is 18.2. The first-order valence-electron chi connectivity index (χ1n) is 13.1. The average Bonchev–Trinajstić information content (AvgIpc) is 3.29. The smallest absolute Gasteiger partial charge is 0.258 e. The van der Waals surface area contributed by atoms with Crippen molar-refractivity contribution in [1.29, 1.82) is 0 Å². The highest BCUT2D eigenvalue weighted by Crippen LogP contribution is 2.40. The minimum atomic E-state index is -0.154. The zero-order chi connectivity index (χ0) is 27.0. The van der Waals surface area contributed by atoms with Crippen LogP contribution in [0.5, 0.6) is 5.75 Å². The third-order valence-corrected chi connectivity index (χ3v) is 7.25. The van der Waals surface area contributed by atoms with E-state index in [1.54, 1.807) is 13.2 Å². The maximum absolute atomic E-state index is 13.6. The third-order valence-electron chi connectivity index (χ3n) is 7.25. The van der Waals surface area contributed by atoms with E-state index in [9.17, 15) is 9.59 Å². The highest BCUT2D eigenvalue weighted by atomic mass is 16.5. The lowest BCUT2D eigenvalue weighted by Gasteiger charge is -2.38. The number of amides is 2. The molecule has 0 aliphatic carbocycles. The number of rotatable bonds is 5. The van der Waals surface area contributed by atoms with E-state index < -0.39 is 0 Å². The second-order valence-electron chi connectivity index (χ2n) is 10.3. The Morgan fingerprint density at radius 2 is 1.74 bits per heavy atom. The van der Waals surface area contributed by atoms with Gasteiger partial charge in [-0.05, 0) is 74.7 Å². The first kappa shape index (κ1) is 25.7. The molecule has 3 aromatic rings. The Labute approximate surface area is 224 Å². The highest BCUT2D eigenvalue weighted by molar-refractivity contribution is 6.08. The number of benzene rings is 2. The summed E-state index contributed by atoms with van der Waals surface area (Å²) in [6.07, 6.45) is 0.801. The number of aryl methyl sites for hydroxylation is 1. The van der Waals surface area contributed by atoms with Crippen LogP contribution in [0.4, 0.5) is 17.2 Å². The van der Waals surface area contributed by atoms with Crippen LogP contribution in [0, 0.1) is 6.92 Å². The predicted molar refractivity (Wildman–Crippen MR) is 151 cm³/mol. The summed E-state index contributed by atoms with van der Waals surface area (Å²) in [7, 11) is 1.71. The van der Waals surface area contributed by atoms with E-state index in [1.807, 2.05) is 42.2 Å². The molecule has 0 bridgehead atoms. The number of carbonyl (C=O) groups excluding carboxylic acids is 2.